The Kier molecular flexibility index (Phi) is 3.25. The first-order chi connectivity index (χ1) is 9.31. The Morgan fingerprint density at radius 2 is 2.16 bits per heavy atom. The molecule has 1 aromatic carbocycles. The van der Waals surface area contributed by atoms with E-state index in [1.807, 2.05) is 12.1 Å². The molecule has 0 bridgehead atoms. The van der Waals surface area contributed by atoms with E-state index < -0.39 is 0 Å². The van der Waals surface area contributed by atoms with Crippen LogP contribution in [0.15, 0.2) is 18.2 Å². The zero-order chi connectivity index (χ0) is 13.2. The van der Waals surface area contributed by atoms with E-state index in [1.54, 1.807) is 0 Å². The molecule has 4 N–H and O–H groups in total. The Balaban J connectivity index is 2.06. The van der Waals surface area contributed by atoms with Gasteiger partial charge in [-0.05, 0) is 37.3 Å². The number of benzene rings is 1. The van der Waals surface area contributed by atoms with E-state index in [1.165, 1.54) is 29.5 Å². The molecule has 3 rings (SSSR count). The standard InChI is InChI=1S/C15H19N3O/c16-8-9-17-15(19)12-6-3-5-11-10-4-1-2-7-13(10)18-14(11)12/h3,5-6,18H,1-2,4,7-9,16H2,(H,17,19). The molecule has 4 nitrogen and oxygen atoms in total. The van der Waals surface area contributed by atoms with E-state index in [0.29, 0.717) is 13.1 Å². The average Bonchev–Trinajstić information content (AvgIpc) is 2.83. The first kappa shape index (κ1) is 12.2. The van der Waals surface area contributed by atoms with Gasteiger partial charge in [0.15, 0.2) is 0 Å². The van der Waals surface area contributed by atoms with E-state index in [4.69, 9.17) is 5.73 Å². The summed E-state index contributed by atoms with van der Waals surface area (Å²) in [6.45, 7) is 0.971. The highest BCUT2D eigenvalue weighted by molar-refractivity contribution is 6.06. The van der Waals surface area contributed by atoms with E-state index in [0.717, 1.165) is 23.9 Å². The second-order valence-electron chi connectivity index (χ2n) is 5.06. The molecule has 0 spiro atoms. The van der Waals surface area contributed by atoms with Gasteiger partial charge in [-0.2, -0.15) is 0 Å². The lowest BCUT2D eigenvalue weighted by molar-refractivity contribution is 0.0956. The lowest BCUT2D eigenvalue weighted by Gasteiger charge is -2.10. The number of carbonyl (C=O) groups excluding carboxylic acids is 1. The highest BCUT2D eigenvalue weighted by Gasteiger charge is 2.18. The Labute approximate surface area is 112 Å². The summed E-state index contributed by atoms with van der Waals surface area (Å²) in [5, 5.41) is 4.04. The molecule has 0 unspecified atom stereocenters. The third-order valence-electron chi connectivity index (χ3n) is 3.81. The number of para-hydroxylation sites is 1. The topological polar surface area (TPSA) is 70.9 Å². The van der Waals surface area contributed by atoms with Crippen LogP contribution in [-0.2, 0) is 12.8 Å². The van der Waals surface area contributed by atoms with Gasteiger partial charge >= 0.3 is 0 Å². The Bertz CT molecular complexity index is 615. The zero-order valence-electron chi connectivity index (χ0n) is 11.0. The summed E-state index contributed by atoms with van der Waals surface area (Å²) in [6, 6.07) is 5.94. The molecule has 0 saturated carbocycles. The number of fused-ring (bicyclic) bond motifs is 3. The predicted octanol–water partition coefficient (Wildman–Crippen LogP) is 1.74. The van der Waals surface area contributed by atoms with Gasteiger partial charge in [-0.1, -0.05) is 12.1 Å². The van der Waals surface area contributed by atoms with Crippen molar-refractivity contribution >= 4 is 16.8 Å². The molecule has 0 atom stereocenters. The summed E-state index contributed by atoms with van der Waals surface area (Å²) in [5.74, 6) is -0.0466. The van der Waals surface area contributed by atoms with Gasteiger partial charge < -0.3 is 16.0 Å². The molecule has 0 fully saturated rings. The van der Waals surface area contributed by atoms with Crippen LogP contribution in [0.3, 0.4) is 0 Å². The van der Waals surface area contributed by atoms with Gasteiger partial charge in [-0.25, -0.2) is 0 Å². The van der Waals surface area contributed by atoms with Crippen LogP contribution in [0.1, 0.15) is 34.5 Å². The minimum atomic E-state index is -0.0466. The van der Waals surface area contributed by atoms with Crippen LogP contribution >= 0.6 is 0 Å². The lowest BCUT2D eigenvalue weighted by Crippen LogP contribution is -2.29. The van der Waals surface area contributed by atoms with Crippen molar-refractivity contribution in [3.8, 4) is 0 Å². The van der Waals surface area contributed by atoms with Crippen LogP contribution in [0, 0.1) is 0 Å². The highest BCUT2D eigenvalue weighted by Crippen LogP contribution is 2.30. The molecule has 1 aliphatic carbocycles. The monoisotopic (exact) mass is 257 g/mol. The average molecular weight is 257 g/mol. The normalized spacial score (nSPS) is 14.4. The number of aromatic amines is 1. The molecule has 19 heavy (non-hydrogen) atoms. The summed E-state index contributed by atoms with van der Waals surface area (Å²) in [4.78, 5) is 15.6. The summed E-state index contributed by atoms with van der Waals surface area (Å²) in [7, 11) is 0. The second-order valence-corrected chi connectivity index (χ2v) is 5.06. The number of nitrogens with two attached hydrogens (primary N) is 1. The van der Waals surface area contributed by atoms with Crippen LogP contribution in [-0.4, -0.2) is 24.0 Å². The summed E-state index contributed by atoms with van der Waals surface area (Å²) >= 11 is 0. The van der Waals surface area contributed by atoms with Crippen molar-refractivity contribution in [1.29, 1.82) is 0 Å². The number of aromatic nitrogens is 1. The molecule has 0 aliphatic heterocycles. The second kappa shape index (κ2) is 5.05. The van der Waals surface area contributed by atoms with E-state index in [2.05, 4.69) is 16.4 Å². The van der Waals surface area contributed by atoms with Gasteiger partial charge in [0.05, 0.1) is 11.1 Å². The Hall–Kier alpha value is -1.81. The van der Waals surface area contributed by atoms with Crippen LogP contribution < -0.4 is 11.1 Å². The molecule has 4 heteroatoms. The quantitative estimate of drug-likeness (QED) is 0.783. The maximum atomic E-state index is 12.1. The molecular formula is C15H19N3O. The molecule has 2 aromatic rings. The molecule has 1 amide bonds. The van der Waals surface area contributed by atoms with Crippen molar-refractivity contribution in [2.75, 3.05) is 13.1 Å². The maximum absolute atomic E-state index is 12.1. The number of hydrogen-bond donors (Lipinski definition) is 3. The maximum Gasteiger partial charge on any atom is 0.253 e. The van der Waals surface area contributed by atoms with Crippen molar-refractivity contribution < 1.29 is 4.79 Å². The van der Waals surface area contributed by atoms with Crippen LogP contribution in [0.4, 0.5) is 0 Å². The fourth-order valence-electron chi connectivity index (χ4n) is 2.90. The minimum Gasteiger partial charge on any atom is -0.358 e. The van der Waals surface area contributed by atoms with Crippen molar-refractivity contribution in [3.63, 3.8) is 0 Å². The lowest BCUT2D eigenvalue weighted by atomic mass is 9.95. The van der Waals surface area contributed by atoms with Crippen molar-refractivity contribution in [2.24, 2.45) is 5.73 Å². The number of amides is 1. The zero-order valence-corrected chi connectivity index (χ0v) is 11.0. The molecular weight excluding hydrogens is 238 g/mol. The summed E-state index contributed by atoms with van der Waals surface area (Å²) in [6.07, 6.45) is 4.68. The van der Waals surface area contributed by atoms with Crippen LogP contribution in [0.25, 0.3) is 10.9 Å². The number of carbonyl (C=O) groups is 1. The van der Waals surface area contributed by atoms with Gasteiger partial charge in [0.1, 0.15) is 0 Å². The van der Waals surface area contributed by atoms with Crippen molar-refractivity contribution in [3.05, 3.63) is 35.0 Å². The molecule has 1 aromatic heterocycles. The number of aryl methyl sites for hydroxylation is 2. The summed E-state index contributed by atoms with van der Waals surface area (Å²) in [5.41, 5.74) is 9.83. The van der Waals surface area contributed by atoms with Crippen LogP contribution in [0.2, 0.25) is 0 Å². The highest BCUT2D eigenvalue weighted by atomic mass is 16.1. The third-order valence-corrected chi connectivity index (χ3v) is 3.81. The van der Waals surface area contributed by atoms with Gasteiger partial charge in [-0.15, -0.1) is 0 Å². The van der Waals surface area contributed by atoms with Crippen molar-refractivity contribution in [1.82, 2.24) is 10.3 Å². The first-order valence-corrected chi connectivity index (χ1v) is 6.92. The van der Waals surface area contributed by atoms with Crippen molar-refractivity contribution in [2.45, 2.75) is 25.7 Å². The molecule has 0 radical (unpaired) electrons. The fourth-order valence-corrected chi connectivity index (χ4v) is 2.90. The van der Waals surface area contributed by atoms with E-state index in [9.17, 15) is 4.79 Å². The SMILES string of the molecule is NCCNC(=O)c1cccc2c3c([nH]c12)CCCC3. The van der Waals surface area contributed by atoms with E-state index >= 15 is 0 Å². The van der Waals surface area contributed by atoms with E-state index in [-0.39, 0.29) is 5.91 Å². The van der Waals surface area contributed by atoms with Gasteiger partial charge in [0.25, 0.3) is 5.91 Å². The Morgan fingerprint density at radius 1 is 1.32 bits per heavy atom. The number of rotatable bonds is 3. The number of nitrogens with one attached hydrogen (secondary N) is 2. The third kappa shape index (κ3) is 2.12. The predicted molar refractivity (Wildman–Crippen MR) is 76.3 cm³/mol. The smallest absolute Gasteiger partial charge is 0.253 e. The molecule has 100 valence electrons. The Morgan fingerprint density at radius 3 is 3.00 bits per heavy atom. The van der Waals surface area contributed by atoms with Gasteiger partial charge in [0, 0.05) is 24.2 Å². The largest absolute Gasteiger partial charge is 0.358 e. The molecule has 1 heterocycles. The first-order valence-electron chi connectivity index (χ1n) is 6.92. The number of H-pyrrole nitrogens is 1. The van der Waals surface area contributed by atoms with Gasteiger partial charge in [0.2, 0.25) is 0 Å². The molecule has 0 saturated heterocycles. The minimum absolute atomic E-state index is 0.0466. The summed E-state index contributed by atoms with van der Waals surface area (Å²) < 4.78 is 0. The van der Waals surface area contributed by atoms with Gasteiger partial charge in [-0.3, -0.25) is 4.79 Å². The fraction of sp³-hybridized carbons (Fsp3) is 0.400. The molecule has 1 aliphatic rings. The van der Waals surface area contributed by atoms with Crippen LogP contribution in [0.5, 0.6) is 0 Å². The number of hydrogen-bond acceptors (Lipinski definition) is 2.